The Kier molecular flexibility index (Phi) is 4.19. The summed E-state index contributed by atoms with van der Waals surface area (Å²) >= 11 is 0. The minimum Gasteiger partial charge on any atom is -0.490 e. The first-order valence-electron chi connectivity index (χ1n) is 7.81. The highest BCUT2D eigenvalue weighted by Gasteiger charge is 2.30. The Labute approximate surface area is 136 Å². The Morgan fingerprint density at radius 2 is 2.35 bits per heavy atom. The lowest BCUT2D eigenvalue weighted by Gasteiger charge is -2.24. The maximum absolute atomic E-state index is 12.1. The number of hydrogen-bond donors (Lipinski definition) is 1. The van der Waals surface area contributed by atoms with Gasteiger partial charge in [0.05, 0.1) is 6.20 Å². The van der Waals surface area contributed by atoms with Crippen LogP contribution in [0.2, 0.25) is 0 Å². The molecule has 1 aliphatic rings. The fraction of sp³-hybridized carbons (Fsp3) is 0.333. The Morgan fingerprint density at radius 1 is 1.52 bits per heavy atom. The van der Waals surface area contributed by atoms with Gasteiger partial charge in [0, 0.05) is 23.9 Å². The number of carbonyl (C=O) groups is 1. The van der Waals surface area contributed by atoms with E-state index in [1.807, 2.05) is 49.0 Å². The van der Waals surface area contributed by atoms with E-state index in [9.17, 15) is 4.79 Å². The number of amides is 1. The number of benzene rings is 1. The van der Waals surface area contributed by atoms with Crippen molar-refractivity contribution in [2.45, 2.75) is 32.2 Å². The number of hydrogen-bond acceptors (Lipinski definition) is 3. The third-order valence-corrected chi connectivity index (χ3v) is 3.96. The van der Waals surface area contributed by atoms with Gasteiger partial charge in [-0.3, -0.25) is 4.79 Å². The molecule has 5 heteroatoms. The quantitative estimate of drug-likeness (QED) is 0.860. The summed E-state index contributed by atoms with van der Waals surface area (Å²) in [7, 11) is 0. The van der Waals surface area contributed by atoms with E-state index in [0.717, 1.165) is 22.7 Å². The van der Waals surface area contributed by atoms with Crippen LogP contribution in [0.25, 0.3) is 0 Å². The molecule has 0 bridgehead atoms. The zero-order valence-corrected chi connectivity index (χ0v) is 13.5. The van der Waals surface area contributed by atoms with Gasteiger partial charge in [-0.25, -0.2) is 4.68 Å². The van der Waals surface area contributed by atoms with E-state index in [0.29, 0.717) is 13.0 Å². The van der Waals surface area contributed by atoms with Crippen molar-refractivity contribution >= 4 is 11.7 Å². The lowest BCUT2D eigenvalue weighted by molar-refractivity contribution is -0.116. The highest BCUT2D eigenvalue weighted by Crippen LogP contribution is 2.38. The Bertz CT molecular complexity index is 734. The fourth-order valence-corrected chi connectivity index (χ4v) is 2.90. The zero-order chi connectivity index (χ0) is 16.4. The van der Waals surface area contributed by atoms with Crippen molar-refractivity contribution in [2.75, 3.05) is 11.9 Å². The predicted molar refractivity (Wildman–Crippen MR) is 89.8 cm³/mol. The van der Waals surface area contributed by atoms with Crippen LogP contribution in [0.3, 0.4) is 0 Å². The van der Waals surface area contributed by atoms with Gasteiger partial charge in [0.25, 0.3) is 0 Å². The minimum absolute atomic E-state index is 0.00136. The van der Waals surface area contributed by atoms with Crippen molar-refractivity contribution in [3.05, 3.63) is 54.2 Å². The molecule has 3 rings (SSSR count). The van der Waals surface area contributed by atoms with Crippen molar-refractivity contribution in [1.29, 1.82) is 0 Å². The summed E-state index contributed by atoms with van der Waals surface area (Å²) in [6.07, 6.45) is 3.99. The zero-order valence-electron chi connectivity index (χ0n) is 13.5. The molecule has 1 unspecified atom stereocenters. The van der Waals surface area contributed by atoms with Crippen LogP contribution in [0.4, 0.5) is 5.82 Å². The molecule has 1 N–H and O–H groups in total. The fourth-order valence-electron chi connectivity index (χ4n) is 2.90. The average molecular weight is 311 g/mol. The average Bonchev–Trinajstić information content (AvgIpc) is 2.96. The van der Waals surface area contributed by atoms with E-state index >= 15 is 0 Å². The molecule has 0 radical (unpaired) electrons. The van der Waals surface area contributed by atoms with Crippen LogP contribution in [0.1, 0.15) is 43.4 Å². The molecule has 0 saturated carbocycles. The SMILES string of the molecule is C=CCOc1cccc(C2CC(=O)Nc3c2cnn3C(C)C)c1. The van der Waals surface area contributed by atoms with E-state index in [1.54, 1.807) is 6.08 Å². The smallest absolute Gasteiger partial charge is 0.226 e. The maximum atomic E-state index is 12.1. The summed E-state index contributed by atoms with van der Waals surface area (Å²) in [4.78, 5) is 12.1. The van der Waals surface area contributed by atoms with Gasteiger partial charge in [-0.15, -0.1) is 0 Å². The van der Waals surface area contributed by atoms with E-state index < -0.39 is 0 Å². The van der Waals surface area contributed by atoms with Gasteiger partial charge in [0.1, 0.15) is 18.2 Å². The number of aromatic nitrogens is 2. The number of nitrogens with zero attached hydrogens (tertiary/aromatic N) is 2. The molecule has 0 saturated heterocycles. The van der Waals surface area contributed by atoms with Crippen molar-refractivity contribution in [1.82, 2.24) is 9.78 Å². The van der Waals surface area contributed by atoms with E-state index in [4.69, 9.17) is 4.74 Å². The van der Waals surface area contributed by atoms with Crippen LogP contribution in [-0.2, 0) is 4.79 Å². The van der Waals surface area contributed by atoms with Gasteiger partial charge in [0.2, 0.25) is 5.91 Å². The van der Waals surface area contributed by atoms with Crippen molar-refractivity contribution < 1.29 is 9.53 Å². The van der Waals surface area contributed by atoms with Gasteiger partial charge in [-0.1, -0.05) is 24.8 Å². The normalized spacial score (nSPS) is 16.8. The highest BCUT2D eigenvalue weighted by atomic mass is 16.5. The van der Waals surface area contributed by atoms with E-state index in [1.165, 1.54) is 0 Å². The molecule has 1 aromatic carbocycles. The summed E-state index contributed by atoms with van der Waals surface area (Å²) < 4.78 is 7.46. The third kappa shape index (κ3) is 2.99. The van der Waals surface area contributed by atoms with Gasteiger partial charge in [0.15, 0.2) is 0 Å². The van der Waals surface area contributed by atoms with Crippen molar-refractivity contribution in [2.24, 2.45) is 0 Å². The number of nitrogens with one attached hydrogen (secondary N) is 1. The van der Waals surface area contributed by atoms with Crippen LogP contribution >= 0.6 is 0 Å². The molecule has 1 aliphatic heterocycles. The first-order chi connectivity index (χ1) is 11.1. The molecule has 2 heterocycles. The molecule has 1 amide bonds. The minimum atomic E-state index is -0.00136. The van der Waals surface area contributed by atoms with Crippen LogP contribution in [-0.4, -0.2) is 22.3 Å². The molecular formula is C18H21N3O2. The molecule has 1 atom stereocenters. The number of fused-ring (bicyclic) bond motifs is 1. The van der Waals surface area contributed by atoms with E-state index in [-0.39, 0.29) is 17.9 Å². The second-order valence-electron chi connectivity index (χ2n) is 5.96. The number of rotatable bonds is 5. The third-order valence-electron chi connectivity index (χ3n) is 3.96. The standard InChI is InChI=1S/C18H21N3O2/c1-4-8-23-14-7-5-6-13(9-14)15-10-17(22)20-18-16(15)11-19-21(18)12(2)3/h4-7,9,11-12,15H,1,8,10H2,2-3H3,(H,20,22). The molecule has 0 fully saturated rings. The molecule has 5 nitrogen and oxygen atoms in total. The van der Waals surface area contributed by atoms with Crippen LogP contribution in [0.5, 0.6) is 5.75 Å². The first-order valence-corrected chi connectivity index (χ1v) is 7.81. The topological polar surface area (TPSA) is 56.1 Å². The monoisotopic (exact) mass is 311 g/mol. The molecule has 23 heavy (non-hydrogen) atoms. The second kappa shape index (κ2) is 6.28. The molecule has 120 valence electrons. The predicted octanol–water partition coefficient (Wildman–Crippen LogP) is 3.50. The summed E-state index contributed by atoms with van der Waals surface area (Å²) in [5.41, 5.74) is 2.12. The summed E-state index contributed by atoms with van der Waals surface area (Å²) in [5, 5.41) is 7.39. The van der Waals surface area contributed by atoms with Gasteiger partial charge < -0.3 is 10.1 Å². The van der Waals surface area contributed by atoms with Crippen LogP contribution in [0, 0.1) is 0 Å². The Balaban J connectivity index is 1.98. The summed E-state index contributed by atoms with van der Waals surface area (Å²) in [5.74, 6) is 1.60. The lowest BCUT2D eigenvalue weighted by Crippen LogP contribution is -2.25. The highest BCUT2D eigenvalue weighted by molar-refractivity contribution is 5.94. The summed E-state index contributed by atoms with van der Waals surface area (Å²) in [6, 6.07) is 8.07. The van der Waals surface area contributed by atoms with Crippen molar-refractivity contribution in [3.8, 4) is 5.75 Å². The number of ether oxygens (including phenoxy) is 1. The van der Waals surface area contributed by atoms with Gasteiger partial charge in [-0.2, -0.15) is 5.10 Å². The van der Waals surface area contributed by atoms with Crippen molar-refractivity contribution in [3.63, 3.8) is 0 Å². The Hall–Kier alpha value is -2.56. The first kappa shape index (κ1) is 15.3. The Morgan fingerprint density at radius 3 is 3.09 bits per heavy atom. The molecular weight excluding hydrogens is 290 g/mol. The molecule has 0 aliphatic carbocycles. The number of carbonyl (C=O) groups excluding carboxylic acids is 1. The lowest BCUT2D eigenvalue weighted by atomic mass is 9.87. The molecule has 1 aromatic heterocycles. The van der Waals surface area contributed by atoms with E-state index in [2.05, 4.69) is 17.0 Å². The largest absolute Gasteiger partial charge is 0.490 e. The molecule has 2 aromatic rings. The molecule has 0 spiro atoms. The maximum Gasteiger partial charge on any atom is 0.226 e. The number of anilines is 1. The van der Waals surface area contributed by atoms with Crippen LogP contribution < -0.4 is 10.1 Å². The van der Waals surface area contributed by atoms with Crippen LogP contribution in [0.15, 0.2) is 43.1 Å². The van der Waals surface area contributed by atoms with Gasteiger partial charge in [-0.05, 0) is 31.5 Å². The van der Waals surface area contributed by atoms with Gasteiger partial charge >= 0.3 is 0 Å². The second-order valence-corrected chi connectivity index (χ2v) is 5.96. The summed E-state index contributed by atoms with van der Waals surface area (Å²) in [6.45, 7) is 8.22.